The third-order valence-electron chi connectivity index (χ3n) is 4.52. The van der Waals surface area contributed by atoms with E-state index in [0.717, 1.165) is 16.2 Å². The number of nitrogens with one attached hydrogen (secondary N) is 1. The maximum Gasteiger partial charge on any atom is 0.344 e. The van der Waals surface area contributed by atoms with Crippen LogP contribution >= 0.6 is 23.1 Å². The molecule has 1 aromatic rings. The number of carboxylic acid groups (broad SMARTS) is 2. The number of oxime groups is 1. The number of β-lactam (4-membered cyclic amide) rings is 1. The topological polar surface area (TPSA) is 187 Å². The highest BCUT2D eigenvalue weighted by molar-refractivity contribution is 8.00. The van der Waals surface area contributed by atoms with E-state index >= 15 is 0 Å². The molecule has 1 fully saturated rings. The summed E-state index contributed by atoms with van der Waals surface area (Å²) in [5, 5.41) is 27.5. The first-order valence-electron chi connectivity index (χ1n) is 9.51. The van der Waals surface area contributed by atoms with E-state index in [1.54, 1.807) is 0 Å². The summed E-state index contributed by atoms with van der Waals surface area (Å²) in [6.45, 7) is -0.382. The van der Waals surface area contributed by atoms with Crippen molar-refractivity contribution in [2.24, 2.45) is 5.16 Å². The fraction of sp³-hybridized carbons (Fsp3) is 0.444. The van der Waals surface area contributed by atoms with E-state index in [2.05, 4.69) is 20.3 Å². The summed E-state index contributed by atoms with van der Waals surface area (Å²) in [5.74, 6) is -3.86. The van der Waals surface area contributed by atoms with Crippen molar-refractivity contribution in [3.63, 3.8) is 0 Å². The van der Waals surface area contributed by atoms with Crippen LogP contribution in [-0.2, 0) is 24.0 Å². The number of nitrogens with two attached hydrogens (primary N) is 1. The van der Waals surface area contributed by atoms with Crippen LogP contribution in [0.5, 0.6) is 0 Å². The number of aromatic nitrogens is 1. The van der Waals surface area contributed by atoms with Gasteiger partial charge in [0.2, 0.25) is 6.61 Å². The Balaban J connectivity index is 1.80. The molecule has 0 bridgehead atoms. The zero-order valence-electron chi connectivity index (χ0n) is 17.9. The van der Waals surface area contributed by atoms with E-state index in [1.807, 2.05) is 21.1 Å². The lowest BCUT2D eigenvalue weighted by molar-refractivity contribution is -0.865. The van der Waals surface area contributed by atoms with Gasteiger partial charge in [0.25, 0.3) is 11.8 Å². The first-order chi connectivity index (χ1) is 15.4. The van der Waals surface area contributed by atoms with Gasteiger partial charge in [-0.05, 0) is 0 Å². The zero-order valence-corrected chi connectivity index (χ0v) is 19.6. The molecule has 1 saturated heterocycles. The number of carboxylic acids is 2. The Hall–Kier alpha value is -3.17. The van der Waals surface area contributed by atoms with E-state index in [-0.39, 0.29) is 22.2 Å². The van der Waals surface area contributed by atoms with Crippen LogP contribution in [0.4, 0.5) is 5.13 Å². The lowest BCUT2D eigenvalue weighted by atomic mass is 10.0. The number of thioether (sulfide) groups is 1. The Bertz CT molecular complexity index is 1060. The minimum Gasteiger partial charge on any atom is -0.543 e. The number of carbonyl (C=O) groups is 4. The molecule has 3 rings (SSSR count). The number of carbonyl (C=O) groups excluding carboxylic acids is 3. The molecule has 2 atom stereocenters. The smallest absolute Gasteiger partial charge is 0.344 e. The summed E-state index contributed by atoms with van der Waals surface area (Å²) in [5.41, 5.74) is 5.68. The van der Waals surface area contributed by atoms with Crippen LogP contribution in [0.25, 0.3) is 0 Å². The minimum absolute atomic E-state index is 0.0425. The van der Waals surface area contributed by atoms with E-state index in [0.29, 0.717) is 22.4 Å². The summed E-state index contributed by atoms with van der Waals surface area (Å²) < 4.78 is 0.465. The van der Waals surface area contributed by atoms with Crippen LogP contribution in [0.1, 0.15) is 5.69 Å². The number of anilines is 1. The Labute approximate surface area is 196 Å². The molecular weight excluding hydrogens is 476 g/mol. The summed E-state index contributed by atoms with van der Waals surface area (Å²) >= 11 is 2.35. The molecule has 33 heavy (non-hydrogen) atoms. The Morgan fingerprint density at radius 3 is 2.67 bits per heavy atom. The number of hydrogen-bond acceptors (Lipinski definition) is 11. The highest BCUT2D eigenvalue weighted by Gasteiger charge is 2.53. The molecule has 3 heterocycles. The van der Waals surface area contributed by atoms with Gasteiger partial charge < -0.3 is 35.4 Å². The number of rotatable bonds is 9. The second kappa shape index (κ2) is 9.36. The first-order valence-corrected chi connectivity index (χ1v) is 11.4. The van der Waals surface area contributed by atoms with Gasteiger partial charge >= 0.3 is 5.97 Å². The van der Waals surface area contributed by atoms with Gasteiger partial charge in [-0.3, -0.25) is 14.5 Å². The van der Waals surface area contributed by atoms with Crippen molar-refractivity contribution in [1.82, 2.24) is 15.2 Å². The standard InChI is InChI=1S/C18H22N6O7S2/c1-24(2,3)4-8-6-32-16-12(15(28)23(16)13(8)17(29)30)21-14(27)11(22-31-5-10(25)26)9-7-33-18(19)20-9/h7,12,16H,4-6H2,1-3H3,(H4-,19,20,21,25,26,27,29,30)/b22-11+/t12?,16-/m1/s1. The lowest BCUT2D eigenvalue weighted by Crippen LogP contribution is -2.71. The molecule has 13 nitrogen and oxygen atoms in total. The molecule has 0 aliphatic carbocycles. The number of aliphatic carboxylic acids is 2. The van der Waals surface area contributed by atoms with Crippen molar-refractivity contribution in [3.05, 3.63) is 22.3 Å². The maximum absolute atomic E-state index is 12.9. The molecule has 178 valence electrons. The molecule has 2 aliphatic heterocycles. The quantitative estimate of drug-likeness (QED) is 0.144. The molecule has 1 aromatic heterocycles. The number of amides is 2. The second-order valence-corrected chi connectivity index (χ2v) is 10.2. The van der Waals surface area contributed by atoms with Gasteiger partial charge in [0.15, 0.2) is 10.8 Å². The summed E-state index contributed by atoms with van der Waals surface area (Å²) in [6, 6.07) is -1.02. The number of nitrogens with zero attached hydrogens (tertiary/aromatic N) is 4. The number of likely N-dealkylation sites (N-methyl/N-ethyl adjacent to an activating group) is 1. The fourth-order valence-corrected chi connectivity index (χ4v) is 5.21. The van der Waals surface area contributed by atoms with Crippen molar-refractivity contribution in [1.29, 1.82) is 0 Å². The molecule has 0 saturated carbocycles. The number of hydrogen-bond donors (Lipinski definition) is 3. The number of fused-ring (bicyclic) bond motifs is 1. The molecule has 4 N–H and O–H groups in total. The normalized spacial score (nSPS) is 20.8. The Kier molecular flexibility index (Phi) is 6.94. The van der Waals surface area contributed by atoms with Crippen molar-refractivity contribution < 1.29 is 38.7 Å². The van der Waals surface area contributed by atoms with E-state index in [1.165, 1.54) is 17.1 Å². The monoisotopic (exact) mass is 498 g/mol. The van der Waals surface area contributed by atoms with Gasteiger partial charge in [-0.15, -0.1) is 23.1 Å². The number of nitrogen functional groups attached to an aromatic ring is 1. The molecule has 1 unspecified atom stereocenters. The molecule has 0 aromatic carbocycles. The summed E-state index contributed by atoms with van der Waals surface area (Å²) in [6.07, 6.45) is 0. The van der Waals surface area contributed by atoms with Gasteiger partial charge in [0.05, 0.1) is 32.8 Å². The third-order valence-corrected chi connectivity index (χ3v) is 6.53. The van der Waals surface area contributed by atoms with Gasteiger partial charge in [-0.2, -0.15) is 0 Å². The molecule has 15 heteroatoms. The predicted molar refractivity (Wildman–Crippen MR) is 117 cm³/mol. The molecule has 2 aliphatic rings. The van der Waals surface area contributed by atoms with Crippen LogP contribution in [-0.4, -0.2) is 100 Å². The maximum atomic E-state index is 12.9. The fourth-order valence-electron chi connectivity index (χ4n) is 3.33. The highest BCUT2D eigenvalue weighted by atomic mass is 32.2. The Morgan fingerprint density at radius 1 is 1.42 bits per heavy atom. The Morgan fingerprint density at radius 2 is 2.12 bits per heavy atom. The van der Waals surface area contributed by atoms with Crippen molar-refractivity contribution in [3.8, 4) is 0 Å². The average Bonchev–Trinajstić information content (AvgIpc) is 3.13. The number of thiazole rings is 1. The van der Waals surface area contributed by atoms with Crippen LogP contribution in [0.3, 0.4) is 0 Å². The summed E-state index contributed by atoms with van der Waals surface area (Å²) in [7, 11) is 5.70. The highest BCUT2D eigenvalue weighted by Crippen LogP contribution is 2.40. The van der Waals surface area contributed by atoms with E-state index in [9.17, 15) is 24.3 Å². The van der Waals surface area contributed by atoms with Crippen LogP contribution < -0.4 is 16.2 Å². The first kappa shape index (κ1) is 24.5. The zero-order chi connectivity index (χ0) is 24.5. The number of quaternary nitrogens is 1. The average molecular weight is 499 g/mol. The largest absolute Gasteiger partial charge is 0.543 e. The predicted octanol–water partition coefficient (Wildman–Crippen LogP) is -2.36. The van der Waals surface area contributed by atoms with Crippen molar-refractivity contribution in [2.45, 2.75) is 11.4 Å². The van der Waals surface area contributed by atoms with Crippen molar-refractivity contribution >= 4 is 57.7 Å². The van der Waals surface area contributed by atoms with Crippen molar-refractivity contribution in [2.75, 3.05) is 45.8 Å². The van der Waals surface area contributed by atoms with E-state index < -0.39 is 41.8 Å². The van der Waals surface area contributed by atoms with E-state index in [4.69, 9.17) is 10.8 Å². The van der Waals surface area contributed by atoms with Crippen LogP contribution in [0, 0.1) is 0 Å². The van der Waals surface area contributed by atoms with Gasteiger partial charge in [0.1, 0.15) is 23.7 Å². The van der Waals surface area contributed by atoms with Gasteiger partial charge in [-0.25, -0.2) is 9.78 Å². The SMILES string of the molecule is C[N+](C)(C)CC1=C(C(=O)[O-])N2C(=O)C(NC(=O)/C(=N/OCC(=O)O)c3csc(N)n3)[C@H]2SC1. The molecule has 0 radical (unpaired) electrons. The van der Waals surface area contributed by atoms with Gasteiger partial charge in [-0.1, -0.05) is 5.16 Å². The van der Waals surface area contributed by atoms with Crippen LogP contribution in [0.2, 0.25) is 0 Å². The van der Waals surface area contributed by atoms with Crippen LogP contribution in [0.15, 0.2) is 21.8 Å². The molecule has 2 amide bonds. The lowest BCUT2D eigenvalue weighted by Gasteiger charge is -2.51. The summed E-state index contributed by atoms with van der Waals surface area (Å²) in [4.78, 5) is 57.9. The molecule has 0 spiro atoms. The second-order valence-electron chi connectivity index (χ2n) is 8.23. The molecular formula is C18H22N6O7S2. The van der Waals surface area contributed by atoms with Gasteiger partial charge in [0, 0.05) is 16.7 Å². The third kappa shape index (κ3) is 5.43. The minimum atomic E-state index is -1.45.